The van der Waals surface area contributed by atoms with Gasteiger partial charge in [-0.1, -0.05) is 12.1 Å². The fourth-order valence-electron chi connectivity index (χ4n) is 4.87. The predicted molar refractivity (Wildman–Crippen MR) is 120 cm³/mol. The van der Waals surface area contributed by atoms with E-state index in [9.17, 15) is 0 Å². The Morgan fingerprint density at radius 2 is 1.82 bits per heavy atom. The van der Waals surface area contributed by atoms with Crippen molar-refractivity contribution in [1.29, 1.82) is 0 Å². The van der Waals surface area contributed by atoms with Gasteiger partial charge in [0, 0.05) is 38.8 Å². The van der Waals surface area contributed by atoms with Gasteiger partial charge in [0.1, 0.15) is 5.75 Å². The monoisotopic (exact) mass is 431 g/mol. The van der Waals surface area contributed by atoms with Crippen molar-refractivity contribution in [3.8, 4) is 5.75 Å². The summed E-state index contributed by atoms with van der Waals surface area (Å²) in [6.07, 6.45) is 4.74. The third-order valence-electron chi connectivity index (χ3n) is 6.32. The number of hydrogen-bond acceptors (Lipinski definition) is 5. The highest BCUT2D eigenvalue weighted by molar-refractivity contribution is 5.85. The summed E-state index contributed by atoms with van der Waals surface area (Å²) in [7, 11) is 0. The van der Waals surface area contributed by atoms with Crippen molar-refractivity contribution in [3.63, 3.8) is 0 Å². The molecule has 3 aliphatic rings. The number of ether oxygens (including phenoxy) is 2. The maximum absolute atomic E-state index is 6.27. The molecule has 0 radical (unpaired) electrons. The standard InChI is InChI=1S/C21H33N3O2.2ClH/c1-2-25-20-6-4-3-5-19(20)24-14-12-23(13-15-24)18-7-16-26-21(17-18)8-10-22-11-9-21;;/h3-6,18,22H,2,7-17H2,1H3;2*1H. The summed E-state index contributed by atoms with van der Waals surface area (Å²) in [4.78, 5) is 5.20. The van der Waals surface area contributed by atoms with Crippen LogP contribution in [-0.4, -0.2) is 69.0 Å². The van der Waals surface area contributed by atoms with Crippen molar-refractivity contribution >= 4 is 30.5 Å². The zero-order chi connectivity index (χ0) is 17.8. The van der Waals surface area contributed by atoms with Gasteiger partial charge in [0.25, 0.3) is 0 Å². The molecule has 1 aromatic carbocycles. The smallest absolute Gasteiger partial charge is 0.142 e. The Labute approximate surface area is 181 Å². The van der Waals surface area contributed by atoms with E-state index in [0.29, 0.717) is 6.04 Å². The summed E-state index contributed by atoms with van der Waals surface area (Å²) in [5.41, 5.74) is 1.39. The molecule has 0 aromatic heterocycles. The predicted octanol–water partition coefficient (Wildman–Crippen LogP) is 3.35. The van der Waals surface area contributed by atoms with E-state index in [1.165, 1.54) is 31.4 Å². The lowest BCUT2D eigenvalue weighted by atomic mass is 9.82. The Balaban J connectivity index is 0.00000140. The van der Waals surface area contributed by atoms with Crippen molar-refractivity contribution in [3.05, 3.63) is 24.3 Å². The van der Waals surface area contributed by atoms with Crippen LogP contribution in [0.15, 0.2) is 24.3 Å². The van der Waals surface area contributed by atoms with Crippen LogP contribution in [0.2, 0.25) is 0 Å². The number of piperidine rings is 1. The van der Waals surface area contributed by atoms with Crippen molar-refractivity contribution in [2.75, 3.05) is 57.4 Å². The normalized spacial score (nSPS) is 24.9. The molecule has 0 aliphatic carbocycles. The van der Waals surface area contributed by atoms with Gasteiger partial charge in [0.2, 0.25) is 0 Å². The molecule has 0 amide bonds. The Morgan fingerprint density at radius 3 is 2.54 bits per heavy atom. The van der Waals surface area contributed by atoms with Crippen molar-refractivity contribution in [1.82, 2.24) is 10.2 Å². The minimum atomic E-state index is 0. The number of hydrogen-bond donors (Lipinski definition) is 1. The van der Waals surface area contributed by atoms with Gasteiger partial charge in [-0.3, -0.25) is 4.90 Å². The molecule has 1 spiro atoms. The molecule has 1 atom stereocenters. The summed E-state index contributed by atoms with van der Waals surface area (Å²) in [6.45, 7) is 10.3. The summed E-state index contributed by atoms with van der Waals surface area (Å²) in [5, 5.41) is 3.48. The lowest BCUT2D eigenvalue weighted by molar-refractivity contribution is -0.121. The molecule has 3 fully saturated rings. The first-order valence-electron chi connectivity index (χ1n) is 10.4. The van der Waals surface area contributed by atoms with E-state index in [1.807, 2.05) is 0 Å². The van der Waals surface area contributed by atoms with Gasteiger partial charge in [-0.2, -0.15) is 0 Å². The fraction of sp³-hybridized carbons (Fsp3) is 0.714. The quantitative estimate of drug-likeness (QED) is 0.790. The molecule has 4 rings (SSSR count). The van der Waals surface area contributed by atoms with Gasteiger partial charge in [-0.05, 0) is 57.8 Å². The zero-order valence-electron chi connectivity index (χ0n) is 16.9. The molecule has 0 bridgehead atoms. The number of nitrogens with one attached hydrogen (secondary N) is 1. The number of piperazine rings is 1. The second kappa shape index (κ2) is 10.9. The Bertz CT molecular complexity index is 585. The number of benzene rings is 1. The van der Waals surface area contributed by atoms with Crippen LogP contribution < -0.4 is 15.0 Å². The number of nitrogens with zero attached hydrogens (tertiary/aromatic N) is 2. The van der Waals surface area contributed by atoms with Gasteiger partial charge >= 0.3 is 0 Å². The molecule has 3 heterocycles. The van der Waals surface area contributed by atoms with Gasteiger partial charge in [-0.25, -0.2) is 0 Å². The first-order valence-corrected chi connectivity index (χ1v) is 10.4. The van der Waals surface area contributed by atoms with E-state index >= 15 is 0 Å². The van der Waals surface area contributed by atoms with E-state index in [1.54, 1.807) is 0 Å². The third-order valence-corrected chi connectivity index (χ3v) is 6.32. The Kier molecular flexibility index (Phi) is 9.16. The second-order valence-corrected chi connectivity index (χ2v) is 7.85. The highest BCUT2D eigenvalue weighted by Crippen LogP contribution is 2.36. The number of rotatable bonds is 4. The molecule has 28 heavy (non-hydrogen) atoms. The molecular weight excluding hydrogens is 397 g/mol. The van der Waals surface area contributed by atoms with E-state index in [-0.39, 0.29) is 30.4 Å². The van der Waals surface area contributed by atoms with Crippen molar-refractivity contribution < 1.29 is 9.47 Å². The minimum absolute atomic E-state index is 0. The van der Waals surface area contributed by atoms with Gasteiger partial charge in [0.15, 0.2) is 0 Å². The summed E-state index contributed by atoms with van der Waals surface area (Å²) >= 11 is 0. The SMILES string of the molecule is CCOc1ccccc1N1CCN(C2CCOC3(CCNCC3)C2)CC1.Cl.Cl. The van der Waals surface area contributed by atoms with Crippen molar-refractivity contribution in [2.45, 2.75) is 44.2 Å². The van der Waals surface area contributed by atoms with Gasteiger partial charge in [0.05, 0.1) is 17.9 Å². The van der Waals surface area contributed by atoms with E-state index in [2.05, 4.69) is 46.3 Å². The molecule has 0 saturated carbocycles. The molecule has 160 valence electrons. The van der Waals surface area contributed by atoms with Gasteiger partial charge < -0.3 is 19.7 Å². The largest absolute Gasteiger partial charge is 0.492 e. The molecule has 5 nitrogen and oxygen atoms in total. The van der Waals surface area contributed by atoms with Crippen LogP contribution in [0.3, 0.4) is 0 Å². The topological polar surface area (TPSA) is 37.0 Å². The van der Waals surface area contributed by atoms with E-state index < -0.39 is 0 Å². The molecule has 1 N–H and O–H groups in total. The summed E-state index contributed by atoms with van der Waals surface area (Å²) < 4.78 is 12.1. The maximum Gasteiger partial charge on any atom is 0.142 e. The van der Waals surface area contributed by atoms with Crippen LogP contribution >= 0.6 is 24.8 Å². The van der Waals surface area contributed by atoms with E-state index in [0.717, 1.165) is 58.2 Å². The Morgan fingerprint density at radius 1 is 1.11 bits per heavy atom. The fourth-order valence-corrected chi connectivity index (χ4v) is 4.87. The van der Waals surface area contributed by atoms with Crippen LogP contribution in [-0.2, 0) is 4.74 Å². The average Bonchev–Trinajstić information content (AvgIpc) is 2.70. The first kappa shape index (κ1) is 23.6. The number of para-hydroxylation sites is 2. The van der Waals surface area contributed by atoms with Crippen LogP contribution in [0, 0.1) is 0 Å². The molecule has 3 aliphatic heterocycles. The second-order valence-electron chi connectivity index (χ2n) is 7.85. The van der Waals surface area contributed by atoms with Gasteiger partial charge in [-0.15, -0.1) is 24.8 Å². The van der Waals surface area contributed by atoms with Crippen molar-refractivity contribution in [2.24, 2.45) is 0 Å². The highest BCUT2D eigenvalue weighted by Gasteiger charge is 2.40. The van der Waals surface area contributed by atoms with Crippen LogP contribution in [0.1, 0.15) is 32.6 Å². The molecule has 1 unspecified atom stereocenters. The lowest BCUT2D eigenvalue weighted by Crippen LogP contribution is -2.56. The van der Waals surface area contributed by atoms with Crippen LogP contribution in [0.5, 0.6) is 5.75 Å². The molecule has 3 saturated heterocycles. The third kappa shape index (κ3) is 5.25. The average molecular weight is 432 g/mol. The summed E-state index contributed by atoms with van der Waals surface area (Å²) in [6, 6.07) is 9.14. The highest BCUT2D eigenvalue weighted by atomic mass is 35.5. The minimum Gasteiger partial charge on any atom is -0.492 e. The molecular formula is C21H35Cl2N3O2. The number of anilines is 1. The molecule has 1 aromatic rings. The lowest BCUT2D eigenvalue weighted by Gasteiger charge is -2.48. The number of halogens is 2. The van der Waals surface area contributed by atoms with Crippen LogP contribution in [0.4, 0.5) is 5.69 Å². The first-order chi connectivity index (χ1) is 12.8. The van der Waals surface area contributed by atoms with E-state index in [4.69, 9.17) is 9.47 Å². The summed E-state index contributed by atoms with van der Waals surface area (Å²) in [5.74, 6) is 1.02. The Hall–Kier alpha value is -0.720. The zero-order valence-corrected chi connectivity index (χ0v) is 18.5. The van der Waals surface area contributed by atoms with Crippen LogP contribution in [0.25, 0.3) is 0 Å². The molecule has 7 heteroatoms. The maximum atomic E-state index is 6.27.